The van der Waals surface area contributed by atoms with Crippen LogP contribution in [0.1, 0.15) is 45.4 Å². The molecule has 0 unspecified atom stereocenters. The Morgan fingerprint density at radius 3 is 2.80 bits per heavy atom. The Balaban J connectivity index is 2.02. The average molecular weight is 212 g/mol. The number of nitrogens with one attached hydrogen (secondary N) is 2. The second-order valence-corrected chi connectivity index (χ2v) is 4.24. The minimum atomic E-state index is 0.735. The summed E-state index contributed by atoms with van der Waals surface area (Å²) in [4.78, 5) is 4.38. The number of nitrogens with two attached hydrogens (primary N) is 1. The summed E-state index contributed by atoms with van der Waals surface area (Å²) in [6, 6.07) is 0. The molecule has 0 aromatic heterocycles. The van der Waals surface area contributed by atoms with Crippen molar-refractivity contribution in [2.24, 2.45) is 16.8 Å². The van der Waals surface area contributed by atoms with Crippen LogP contribution < -0.4 is 16.6 Å². The van der Waals surface area contributed by atoms with Crippen molar-refractivity contribution >= 4 is 5.96 Å². The van der Waals surface area contributed by atoms with Gasteiger partial charge in [-0.2, -0.15) is 0 Å². The zero-order valence-corrected chi connectivity index (χ0v) is 9.76. The summed E-state index contributed by atoms with van der Waals surface area (Å²) in [5.41, 5.74) is 2.60. The van der Waals surface area contributed by atoms with Crippen molar-refractivity contribution in [1.29, 1.82) is 0 Å². The first-order valence-electron chi connectivity index (χ1n) is 6.11. The maximum Gasteiger partial charge on any atom is 0.205 e. The van der Waals surface area contributed by atoms with Gasteiger partial charge in [0, 0.05) is 13.1 Å². The van der Waals surface area contributed by atoms with Gasteiger partial charge in [-0.05, 0) is 25.2 Å². The first kappa shape index (κ1) is 12.3. The van der Waals surface area contributed by atoms with E-state index >= 15 is 0 Å². The normalized spacial score (nSPS) is 16.5. The third kappa shape index (κ3) is 6.33. The number of hydrazine groups is 1. The van der Waals surface area contributed by atoms with Crippen molar-refractivity contribution < 1.29 is 0 Å². The number of nitrogens with zero attached hydrogens (tertiary/aromatic N) is 1. The van der Waals surface area contributed by atoms with Crippen molar-refractivity contribution in [3.63, 3.8) is 0 Å². The fourth-order valence-electron chi connectivity index (χ4n) is 1.51. The maximum absolute atomic E-state index is 5.37. The standard InChI is InChI=1S/C11H24N4/c1-2-3-8-13-11(15-12)14-9-4-5-10-6-7-10/h10H,2-9,12H2,1H3,(H2,13,14,15). The second kappa shape index (κ2) is 7.51. The van der Waals surface area contributed by atoms with E-state index in [1.54, 1.807) is 0 Å². The molecular weight excluding hydrogens is 188 g/mol. The van der Waals surface area contributed by atoms with Crippen molar-refractivity contribution in [2.75, 3.05) is 13.1 Å². The minimum Gasteiger partial charge on any atom is -0.355 e. The molecule has 0 saturated heterocycles. The first-order chi connectivity index (χ1) is 7.36. The molecule has 15 heavy (non-hydrogen) atoms. The first-order valence-corrected chi connectivity index (χ1v) is 6.11. The molecule has 0 spiro atoms. The highest BCUT2D eigenvalue weighted by Crippen LogP contribution is 2.33. The van der Waals surface area contributed by atoms with Gasteiger partial charge in [0.15, 0.2) is 0 Å². The molecule has 4 N–H and O–H groups in total. The van der Waals surface area contributed by atoms with E-state index in [4.69, 9.17) is 5.84 Å². The molecule has 1 aliphatic rings. The van der Waals surface area contributed by atoms with Crippen LogP contribution in [-0.2, 0) is 0 Å². The lowest BCUT2D eigenvalue weighted by atomic mass is 10.2. The van der Waals surface area contributed by atoms with Crippen LogP contribution in [0.3, 0.4) is 0 Å². The van der Waals surface area contributed by atoms with E-state index < -0.39 is 0 Å². The van der Waals surface area contributed by atoms with E-state index in [2.05, 4.69) is 22.7 Å². The summed E-state index contributed by atoms with van der Waals surface area (Å²) in [5.74, 6) is 7.10. The molecule has 1 saturated carbocycles. The van der Waals surface area contributed by atoms with E-state index in [1.807, 2.05) is 0 Å². The van der Waals surface area contributed by atoms with Gasteiger partial charge in [-0.1, -0.05) is 26.2 Å². The molecule has 0 atom stereocenters. The monoisotopic (exact) mass is 212 g/mol. The Hall–Kier alpha value is -0.770. The van der Waals surface area contributed by atoms with Crippen molar-refractivity contribution in [2.45, 2.75) is 45.4 Å². The fourth-order valence-corrected chi connectivity index (χ4v) is 1.51. The number of guanidine groups is 1. The van der Waals surface area contributed by atoms with Gasteiger partial charge in [0.2, 0.25) is 5.96 Å². The van der Waals surface area contributed by atoms with E-state index in [0.717, 1.165) is 31.4 Å². The van der Waals surface area contributed by atoms with Crippen molar-refractivity contribution in [3.8, 4) is 0 Å². The number of hydrogen-bond acceptors (Lipinski definition) is 2. The molecule has 0 aromatic rings. The zero-order valence-electron chi connectivity index (χ0n) is 9.76. The summed E-state index contributed by atoms with van der Waals surface area (Å²) >= 11 is 0. The van der Waals surface area contributed by atoms with E-state index in [-0.39, 0.29) is 0 Å². The lowest BCUT2D eigenvalue weighted by Crippen LogP contribution is -2.42. The Morgan fingerprint density at radius 2 is 2.20 bits per heavy atom. The largest absolute Gasteiger partial charge is 0.355 e. The molecule has 1 rings (SSSR count). The van der Waals surface area contributed by atoms with E-state index in [0.29, 0.717) is 0 Å². The summed E-state index contributed by atoms with van der Waals surface area (Å²) < 4.78 is 0. The van der Waals surface area contributed by atoms with Crippen molar-refractivity contribution in [1.82, 2.24) is 10.7 Å². The lowest BCUT2D eigenvalue weighted by Gasteiger charge is -2.08. The highest BCUT2D eigenvalue weighted by atomic mass is 15.3. The molecular formula is C11H24N4. The smallest absolute Gasteiger partial charge is 0.205 e. The van der Waals surface area contributed by atoms with Gasteiger partial charge in [-0.3, -0.25) is 10.4 Å². The molecule has 0 aliphatic heterocycles. The highest BCUT2D eigenvalue weighted by molar-refractivity contribution is 5.79. The van der Waals surface area contributed by atoms with Crippen LogP contribution >= 0.6 is 0 Å². The third-order valence-corrected chi connectivity index (χ3v) is 2.70. The predicted molar refractivity (Wildman–Crippen MR) is 64.5 cm³/mol. The molecule has 0 aromatic carbocycles. The molecule has 1 fully saturated rings. The molecule has 0 heterocycles. The second-order valence-electron chi connectivity index (χ2n) is 4.24. The summed E-state index contributed by atoms with van der Waals surface area (Å²) in [6.45, 7) is 4.00. The van der Waals surface area contributed by atoms with Crippen LogP contribution in [0.25, 0.3) is 0 Å². The molecule has 4 heteroatoms. The Labute approximate surface area is 92.7 Å². The fraction of sp³-hybridized carbons (Fsp3) is 0.909. The molecule has 88 valence electrons. The SMILES string of the molecule is CCCCNC(=NCCCC1CC1)NN. The molecule has 0 bridgehead atoms. The molecule has 1 aliphatic carbocycles. The quantitative estimate of drug-likeness (QED) is 0.196. The third-order valence-electron chi connectivity index (χ3n) is 2.70. The summed E-state index contributed by atoms with van der Waals surface area (Å²) in [6.07, 6.45) is 7.72. The van der Waals surface area contributed by atoms with Crippen LogP contribution in [0.15, 0.2) is 4.99 Å². The minimum absolute atomic E-state index is 0.735. The van der Waals surface area contributed by atoms with Crippen LogP contribution in [0.5, 0.6) is 0 Å². The van der Waals surface area contributed by atoms with Gasteiger partial charge in [0.05, 0.1) is 0 Å². The number of unbranched alkanes of at least 4 members (excludes halogenated alkanes) is 1. The van der Waals surface area contributed by atoms with Gasteiger partial charge in [0.1, 0.15) is 0 Å². The Kier molecular flexibility index (Phi) is 6.16. The van der Waals surface area contributed by atoms with E-state index in [9.17, 15) is 0 Å². The van der Waals surface area contributed by atoms with Crippen LogP contribution in [0.4, 0.5) is 0 Å². The number of rotatable bonds is 7. The van der Waals surface area contributed by atoms with Gasteiger partial charge >= 0.3 is 0 Å². The van der Waals surface area contributed by atoms with Gasteiger partial charge in [-0.25, -0.2) is 5.84 Å². The van der Waals surface area contributed by atoms with Crippen molar-refractivity contribution in [3.05, 3.63) is 0 Å². The Morgan fingerprint density at radius 1 is 1.40 bits per heavy atom. The van der Waals surface area contributed by atoms with Gasteiger partial charge in [-0.15, -0.1) is 0 Å². The number of aliphatic imine (C=N–C) groups is 1. The topological polar surface area (TPSA) is 62.4 Å². The lowest BCUT2D eigenvalue weighted by molar-refractivity contribution is 0.668. The molecule has 0 amide bonds. The van der Waals surface area contributed by atoms with Gasteiger partial charge < -0.3 is 5.32 Å². The molecule has 0 radical (unpaired) electrons. The number of hydrogen-bond donors (Lipinski definition) is 3. The highest BCUT2D eigenvalue weighted by Gasteiger charge is 2.19. The van der Waals surface area contributed by atoms with Gasteiger partial charge in [0.25, 0.3) is 0 Å². The summed E-state index contributed by atoms with van der Waals surface area (Å²) in [7, 11) is 0. The predicted octanol–water partition coefficient (Wildman–Crippen LogP) is 1.39. The summed E-state index contributed by atoms with van der Waals surface area (Å²) in [5, 5.41) is 3.19. The van der Waals surface area contributed by atoms with Crippen LogP contribution in [0.2, 0.25) is 0 Å². The maximum atomic E-state index is 5.37. The van der Waals surface area contributed by atoms with Crippen LogP contribution in [-0.4, -0.2) is 19.0 Å². The van der Waals surface area contributed by atoms with Crippen LogP contribution in [0, 0.1) is 5.92 Å². The zero-order chi connectivity index (χ0) is 10.9. The Bertz CT molecular complexity index is 187. The van der Waals surface area contributed by atoms with E-state index in [1.165, 1.54) is 32.1 Å². The molecule has 4 nitrogen and oxygen atoms in total. The average Bonchev–Trinajstić information content (AvgIpc) is 3.05.